The van der Waals surface area contributed by atoms with Gasteiger partial charge in [-0.3, -0.25) is 4.79 Å². The molecule has 1 aliphatic carbocycles. The van der Waals surface area contributed by atoms with Crippen molar-refractivity contribution < 1.29 is 9.18 Å². The molecule has 2 N–H and O–H groups in total. The van der Waals surface area contributed by atoms with Crippen molar-refractivity contribution in [2.45, 2.75) is 37.6 Å². The Morgan fingerprint density at radius 2 is 1.50 bits per heavy atom. The Bertz CT molecular complexity index is 527. The van der Waals surface area contributed by atoms with Gasteiger partial charge in [0.15, 0.2) is 0 Å². The SMILES string of the molecule is Cl.Cl.NC1(C(=O)N2CCN(c3ccc(F)cc3)CC2)CCCCC1. The predicted octanol–water partition coefficient (Wildman–Crippen LogP) is 2.98. The fourth-order valence-electron chi connectivity index (χ4n) is 3.53. The minimum atomic E-state index is -0.643. The molecule has 0 spiro atoms. The maximum Gasteiger partial charge on any atom is 0.242 e. The Kier molecular flexibility index (Phi) is 7.77. The number of anilines is 1. The first kappa shape index (κ1) is 21.0. The molecule has 1 amide bonds. The van der Waals surface area contributed by atoms with Crippen molar-refractivity contribution in [2.24, 2.45) is 5.73 Å². The minimum Gasteiger partial charge on any atom is -0.368 e. The number of halogens is 3. The van der Waals surface area contributed by atoms with Crippen LogP contribution in [0.1, 0.15) is 32.1 Å². The molecule has 24 heavy (non-hydrogen) atoms. The van der Waals surface area contributed by atoms with E-state index in [9.17, 15) is 9.18 Å². The fraction of sp³-hybridized carbons (Fsp3) is 0.588. The molecule has 0 unspecified atom stereocenters. The molecule has 7 heteroatoms. The zero-order valence-electron chi connectivity index (χ0n) is 13.7. The molecule has 1 heterocycles. The van der Waals surface area contributed by atoms with Gasteiger partial charge >= 0.3 is 0 Å². The highest BCUT2D eigenvalue weighted by atomic mass is 35.5. The summed E-state index contributed by atoms with van der Waals surface area (Å²) in [6.07, 6.45) is 4.91. The van der Waals surface area contributed by atoms with Crippen LogP contribution >= 0.6 is 24.8 Å². The van der Waals surface area contributed by atoms with Crippen molar-refractivity contribution in [3.8, 4) is 0 Å². The van der Waals surface area contributed by atoms with E-state index in [0.29, 0.717) is 13.1 Å². The van der Waals surface area contributed by atoms with Gasteiger partial charge in [-0.2, -0.15) is 0 Å². The van der Waals surface area contributed by atoms with Crippen molar-refractivity contribution >= 4 is 36.4 Å². The van der Waals surface area contributed by atoms with Gasteiger partial charge < -0.3 is 15.5 Å². The number of nitrogens with two attached hydrogens (primary N) is 1. The summed E-state index contributed by atoms with van der Waals surface area (Å²) in [6.45, 7) is 2.92. The molecule has 4 nitrogen and oxygen atoms in total. The number of hydrogen-bond donors (Lipinski definition) is 1. The van der Waals surface area contributed by atoms with E-state index in [4.69, 9.17) is 5.73 Å². The lowest BCUT2D eigenvalue weighted by Crippen LogP contribution is -2.60. The summed E-state index contributed by atoms with van der Waals surface area (Å²) in [7, 11) is 0. The van der Waals surface area contributed by atoms with Gasteiger partial charge in [0.2, 0.25) is 5.91 Å². The molecule has 3 rings (SSSR count). The third kappa shape index (κ3) is 4.52. The zero-order chi connectivity index (χ0) is 15.6. The lowest BCUT2D eigenvalue weighted by Gasteiger charge is -2.41. The first-order valence-corrected chi connectivity index (χ1v) is 8.17. The van der Waals surface area contributed by atoms with Crippen LogP contribution in [0.4, 0.5) is 10.1 Å². The van der Waals surface area contributed by atoms with Crippen LogP contribution in [-0.2, 0) is 4.79 Å². The Morgan fingerprint density at radius 3 is 2.04 bits per heavy atom. The Morgan fingerprint density at radius 1 is 0.958 bits per heavy atom. The second-order valence-electron chi connectivity index (χ2n) is 6.47. The van der Waals surface area contributed by atoms with Crippen LogP contribution in [0.25, 0.3) is 0 Å². The van der Waals surface area contributed by atoms with Gasteiger partial charge in [0.05, 0.1) is 5.54 Å². The maximum atomic E-state index is 13.0. The molecule has 136 valence electrons. The summed E-state index contributed by atoms with van der Waals surface area (Å²) in [5.41, 5.74) is 6.71. The smallest absolute Gasteiger partial charge is 0.242 e. The molecule has 1 saturated carbocycles. The molecule has 1 aromatic rings. The third-order valence-electron chi connectivity index (χ3n) is 4.93. The standard InChI is InChI=1S/C17H24FN3O.2ClH/c18-14-4-6-15(7-5-14)20-10-12-21(13-11-20)16(22)17(19)8-2-1-3-9-17;;/h4-7H,1-3,8-13,19H2;2*1H. The summed E-state index contributed by atoms with van der Waals surface area (Å²) in [4.78, 5) is 16.8. The van der Waals surface area contributed by atoms with Crippen molar-refractivity contribution in [2.75, 3.05) is 31.1 Å². The molecule has 1 saturated heterocycles. The van der Waals surface area contributed by atoms with Gasteiger partial charge in [-0.05, 0) is 37.1 Å². The Balaban J connectivity index is 0.00000144. The van der Waals surface area contributed by atoms with Crippen molar-refractivity contribution in [3.63, 3.8) is 0 Å². The Labute approximate surface area is 155 Å². The minimum absolute atomic E-state index is 0. The van der Waals surface area contributed by atoms with E-state index >= 15 is 0 Å². The summed E-state index contributed by atoms with van der Waals surface area (Å²) < 4.78 is 13.0. The third-order valence-corrected chi connectivity index (χ3v) is 4.93. The van der Waals surface area contributed by atoms with Crippen molar-refractivity contribution in [1.82, 2.24) is 4.90 Å². The van der Waals surface area contributed by atoms with E-state index in [1.165, 1.54) is 18.6 Å². The lowest BCUT2D eigenvalue weighted by molar-refractivity contribution is -0.138. The fourth-order valence-corrected chi connectivity index (χ4v) is 3.53. The van der Waals surface area contributed by atoms with E-state index < -0.39 is 5.54 Å². The number of carbonyl (C=O) groups excluding carboxylic acids is 1. The van der Waals surface area contributed by atoms with Crippen molar-refractivity contribution in [3.05, 3.63) is 30.1 Å². The molecule has 1 aliphatic heterocycles. The maximum absolute atomic E-state index is 13.0. The average molecular weight is 378 g/mol. The number of hydrogen-bond acceptors (Lipinski definition) is 3. The summed E-state index contributed by atoms with van der Waals surface area (Å²) in [5.74, 6) is -0.106. The molecule has 0 atom stereocenters. The van der Waals surface area contributed by atoms with Crippen molar-refractivity contribution in [1.29, 1.82) is 0 Å². The largest absolute Gasteiger partial charge is 0.368 e. The van der Waals surface area contributed by atoms with Gasteiger partial charge in [0, 0.05) is 31.9 Å². The van der Waals surface area contributed by atoms with E-state index in [0.717, 1.165) is 44.5 Å². The van der Waals surface area contributed by atoms with E-state index in [1.807, 2.05) is 4.90 Å². The zero-order valence-corrected chi connectivity index (χ0v) is 15.4. The van der Waals surface area contributed by atoms with E-state index in [1.54, 1.807) is 12.1 Å². The number of amides is 1. The highest BCUT2D eigenvalue weighted by molar-refractivity contribution is 5.86. The quantitative estimate of drug-likeness (QED) is 0.861. The molecule has 0 bridgehead atoms. The summed E-state index contributed by atoms with van der Waals surface area (Å²) in [5, 5.41) is 0. The predicted molar refractivity (Wildman–Crippen MR) is 99.7 cm³/mol. The number of carbonyl (C=O) groups is 1. The van der Waals surface area contributed by atoms with Crippen LogP contribution in [0.5, 0.6) is 0 Å². The highest BCUT2D eigenvalue weighted by Gasteiger charge is 2.39. The van der Waals surface area contributed by atoms with Gasteiger partial charge in [0.25, 0.3) is 0 Å². The summed E-state index contributed by atoms with van der Waals surface area (Å²) >= 11 is 0. The van der Waals surface area contributed by atoms with Gasteiger partial charge in [0.1, 0.15) is 5.82 Å². The topological polar surface area (TPSA) is 49.6 Å². The second kappa shape index (κ2) is 8.88. The van der Waals surface area contributed by atoms with Gasteiger partial charge in [-0.25, -0.2) is 4.39 Å². The van der Waals surface area contributed by atoms with E-state index in [2.05, 4.69) is 4.90 Å². The van der Waals surface area contributed by atoms with Crippen LogP contribution in [-0.4, -0.2) is 42.5 Å². The van der Waals surface area contributed by atoms with Crippen LogP contribution in [0.3, 0.4) is 0 Å². The molecular formula is C17H26Cl2FN3O. The number of benzene rings is 1. The van der Waals surface area contributed by atoms with Crippen LogP contribution in [0.15, 0.2) is 24.3 Å². The average Bonchev–Trinajstić information content (AvgIpc) is 2.56. The molecule has 0 radical (unpaired) electrons. The van der Waals surface area contributed by atoms with Crippen LogP contribution in [0.2, 0.25) is 0 Å². The second-order valence-corrected chi connectivity index (χ2v) is 6.47. The Hall–Kier alpha value is -1.04. The van der Waals surface area contributed by atoms with Crippen LogP contribution < -0.4 is 10.6 Å². The normalized spacial score (nSPS) is 19.9. The molecule has 1 aromatic carbocycles. The lowest BCUT2D eigenvalue weighted by atomic mass is 9.81. The first-order chi connectivity index (χ1) is 10.6. The van der Waals surface area contributed by atoms with E-state index in [-0.39, 0.29) is 36.5 Å². The molecule has 0 aromatic heterocycles. The van der Waals surface area contributed by atoms with Crippen LogP contribution in [0, 0.1) is 5.82 Å². The first-order valence-electron chi connectivity index (χ1n) is 8.17. The number of piperazine rings is 1. The van der Waals surface area contributed by atoms with Gasteiger partial charge in [-0.1, -0.05) is 19.3 Å². The monoisotopic (exact) mass is 377 g/mol. The highest BCUT2D eigenvalue weighted by Crippen LogP contribution is 2.28. The van der Waals surface area contributed by atoms with Gasteiger partial charge in [-0.15, -0.1) is 24.8 Å². The number of nitrogens with zero attached hydrogens (tertiary/aromatic N) is 2. The molecular weight excluding hydrogens is 352 g/mol. The number of rotatable bonds is 2. The summed E-state index contributed by atoms with van der Waals surface area (Å²) in [6, 6.07) is 6.53. The molecule has 2 aliphatic rings. The molecule has 2 fully saturated rings.